The fourth-order valence-corrected chi connectivity index (χ4v) is 4.26. The van der Waals surface area contributed by atoms with Crippen molar-refractivity contribution in [2.75, 3.05) is 19.6 Å². The molecule has 1 amide bonds. The first-order chi connectivity index (χ1) is 17.1. The zero-order valence-corrected chi connectivity index (χ0v) is 19.7. The van der Waals surface area contributed by atoms with Crippen LogP contribution in [-0.4, -0.2) is 46.7 Å². The second-order valence-corrected chi connectivity index (χ2v) is 8.57. The Balaban J connectivity index is 1.44. The maximum Gasteiger partial charge on any atom is 0.251 e. The minimum atomic E-state index is -0.196. The highest BCUT2D eigenvalue weighted by molar-refractivity contribution is 6.32. The molecular weight excluding hydrogens is 464 g/mol. The van der Waals surface area contributed by atoms with Crippen molar-refractivity contribution in [2.45, 2.75) is 25.3 Å². The predicted molar refractivity (Wildman–Crippen MR) is 131 cm³/mol. The van der Waals surface area contributed by atoms with Crippen LogP contribution >= 0.6 is 11.6 Å². The quantitative estimate of drug-likeness (QED) is 0.520. The van der Waals surface area contributed by atoms with E-state index in [2.05, 4.69) is 32.6 Å². The van der Waals surface area contributed by atoms with Gasteiger partial charge in [-0.3, -0.25) is 4.79 Å². The Labute approximate surface area is 208 Å². The van der Waals surface area contributed by atoms with Crippen molar-refractivity contribution in [3.8, 4) is 34.8 Å². The third-order valence-electron chi connectivity index (χ3n) is 5.91. The normalized spacial score (nSPS) is 14.0. The Kier molecular flexibility index (Phi) is 7.89. The van der Waals surface area contributed by atoms with Gasteiger partial charge in [0.2, 0.25) is 0 Å². The molecule has 1 aliphatic rings. The van der Waals surface area contributed by atoms with Gasteiger partial charge in [0, 0.05) is 48.8 Å². The second kappa shape index (κ2) is 11.4. The molecule has 0 radical (unpaired) electrons. The summed E-state index contributed by atoms with van der Waals surface area (Å²) >= 11 is 6.45. The van der Waals surface area contributed by atoms with Crippen LogP contribution in [0.4, 0.5) is 0 Å². The van der Waals surface area contributed by atoms with Crippen LogP contribution in [0.1, 0.15) is 35.2 Å². The SMILES string of the molecule is N#CCCN1CCC(NC(=O)c2ccc(Oc3cccc(-c4ccnnc4)c3C#N)c(Cl)c2)CC1. The summed E-state index contributed by atoms with van der Waals surface area (Å²) in [7, 11) is 0. The summed E-state index contributed by atoms with van der Waals surface area (Å²) in [6.07, 6.45) is 5.34. The van der Waals surface area contributed by atoms with Gasteiger partial charge in [-0.15, -0.1) is 0 Å². The molecule has 1 aromatic heterocycles. The van der Waals surface area contributed by atoms with E-state index in [4.69, 9.17) is 21.6 Å². The number of halogens is 1. The van der Waals surface area contributed by atoms with Crippen LogP contribution in [0, 0.1) is 22.7 Å². The molecule has 8 nitrogen and oxygen atoms in total. The Morgan fingerprint density at radius 2 is 1.97 bits per heavy atom. The molecule has 2 aromatic carbocycles. The molecule has 0 aliphatic carbocycles. The van der Waals surface area contributed by atoms with E-state index in [-0.39, 0.29) is 17.0 Å². The summed E-state index contributed by atoms with van der Waals surface area (Å²) in [4.78, 5) is 15.0. The number of amides is 1. The third kappa shape index (κ3) is 5.93. The average Bonchev–Trinajstić information content (AvgIpc) is 2.89. The third-order valence-corrected chi connectivity index (χ3v) is 6.21. The molecule has 0 spiro atoms. The highest BCUT2D eigenvalue weighted by Crippen LogP contribution is 2.35. The van der Waals surface area contributed by atoms with Gasteiger partial charge in [0.1, 0.15) is 23.1 Å². The van der Waals surface area contributed by atoms with E-state index in [0.717, 1.165) is 38.0 Å². The molecule has 2 heterocycles. The van der Waals surface area contributed by atoms with Gasteiger partial charge in [-0.25, -0.2) is 0 Å². The van der Waals surface area contributed by atoms with Gasteiger partial charge < -0.3 is 15.0 Å². The number of carbonyl (C=O) groups is 1. The van der Waals surface area contributed by atoms with Crippen LogP contribution in [0.25, 0.3) is 11.1 Å². The number of nitriles is 2. The van der Waals surface area contributed by atoms with Gasteiger partial charge in [0.25, 0.3) is 5.91 Å². The number of rotatable bonds is 7. The van der Waals surface area contributed by atoms with E-state index in [1.54, 1.807) is 48.8 Å². The van der Waals surface area contributed by atoms with Gasteiger partial charge in [0.05, 0.1) is 23.5 Å². The van der Waals surface area contributed by atoms with Crippen molar-refractivity contribution in [3.05, 3.63) is 71.0 Å². The van der Waals surface area contributed by atoms with Crippen molar-refractivity contribution < 1.29 is 9.53 Å². The Hall–Kier alpha value is -3.98. The minimum absolute atomic E-state index is 0.0825. The van der Waals surface area contributed by atoms with Crippen molar-refractivity contribution in [2.24, 2.45) is 0 Å². The number of ether oxygens (including phenoxy) is 1. The van der Waals surface area contributed by atoms with Crippen molar-refractivity contribution in [1.29, 1.82) is 10.5 Å². The van der Waals surface area contributed by atoms with E-state index in [1.807, 2.05) is 6.07 Å². The molecule has 1 fully saturated rings. The van der Waals surface area contributed by atoms with E-state index < -0.39 is 0 Å². The zero-order valence-electron chi connectivity index (χ0n) is 18.9. The summed E-state index contributed by atoms with van der Waals surface area (Å²) in [5.41, 5.74) is 2.20. The first-order valence-electron chi connectivity index (χ1n) is 11.3. The van der Waals surface area contributed by atoms with Gasteiger partial charge in [-0.1, -0.05) is 23.7 Å². The van der Waals surface area contributed by atoms with Crippen LogP contribution in [0.2, 0.25) is 5.02 Å². The number of aromatic nitrogens is 2. The molecule has 1 N–H and O–H groups in total. The molecule has 0 bridgehead atoms. The van der Waals surface area contributed by atoms with E-state index in [0.29, 0.717) is 34.6 Å². The number of nitrogens with zero attached hydrogens (tertiary/aromatic N) is 5. The molecule has 0 unspecified atom stereocenters. The smallest absolute Gasteiger partial charge is 0.251 e. The van der Waals surface area contributed by atoms with Crippen LogP contribution < -0.4 is 10.1 Å². The molecule has 35 heavy (non-hydrogen) atoms. The first kappa shape index (κ1) is 24.2. The molecule has 3 aromatic rings. The lowest BCUT2D eigenvalue weighted by atomic mass is 10.0. The standard InChI is InChI=1S/C26H23ClN6O2/c27-23-15-18(26(34)32-20-8-13-33(14-9-20)12-2-10-28)5-6-25(23)35-24-4-1-3-21(22(24)16-29)19-7-11-30-31-17-19/h1,3-7,11,15,17,20H,2,8-9,12-14H2,(H,32,34). The highest BCUT2D eigenvalue weighted by atomic mass is 35.5. The van der Waals surface area contributed by atoms with Crippen molar-refractivity contribution >= 4 is 17.5 Å². The number of hydrogen-bond acceptors (Lipinski definition) is 7. The Morgan fingerprint density at radius 1 is 1.14 bits per heavy atom. The summed E-state index contributed by atoms with van der Waals surface area (Å²) in [5, 5.41) is 29.5. The van der Waals surface area contributed by atoms with Crippen molar-refractivity contribution in [1.82, 2.24) is 20.4 Å². The monoisotopic (exact) mass is 486 g/mol. The number of piperidine rings is 1. The lowest BCUT2D eigenvalue weighted by Crippen LogP contribution is -2.44. The fraction of sp³-hybridized carbons (Fsp3) is 0.269. The van der Waals surface area contributed by atoms with E-state index >= 15 is 0 Å². The topological polar surface area (TPSA) is 115 Å². The van der Waals surface area contributed by atoms with E-state index in [1.165, 1.54) is 0 Å². The summed E-state index contributed by atoms with van der Waals surface area (Å²) in [5.74, 6) is 0.499. The summed E-state index contributed by atoms with van der Waals surface area (Å²) < 4.78 is 5.97. The fourth-order valence-electron chi connectivity index (χ4n) is 4.04. The van der Waals surface area contributed by atoms with Gasteiger partial charge in [-0.2, -0.15) is 20.7 Å². The molecule has 4 rings (SSSR count). The maximum absolute atomic E-state index is 12.8. The molecule has 1 saturated heterocycles. The number of benzene rings is 2. The summed E-state index contributed by atoms with van der Waals surface area (Å²) in [6.45, 7) is 2.48. The molecular formula is C26H23ClN6O2. The largest absolute Gasteiger partial charge is 0.454 e. The molecule has 0 atom stereocenters. The maximum atomic E-state index is 12.8. The lowest BCUT2D eigenvalue weighted by Gasteiger charge is -2.31. The first-order valence-corrected chi connectivity index (χ1v) is 11.6. The average molecular weight is 487 g/mol. The molecule has 176 valence electrons. The number of hydrogen-bond donors (Lipinski definition) is 1. The van der Waals surface area contributed by atoms with Crippen LogP contribution in [0.5, 0.6) is 11.5 Å². The molecule has 9 heteroatoms. The van der Waals surface area contributed by atoms with Crippen LogP contribution in [0.3, 0.4) is 0 Å². The highest BCUT2D eigenvalue weighted by Gasteiger charge is 2.21. The van der Waals surface area contributed by atoms with Crippen LogP contribution in [0.15, 0.2) is 54.9 Å². The molecule has 0 saturated carbocycles. The predicted octanol–water partition coefficient (Wildman–Crippen LogP) is 4.57. The molecule has 1 aliphatic heterocycles. The van der Waals surface area contributed by atoms with Gasteiger partial charge >= 0.3 is 0 Å². The Bertz CT molecular complexity index is 1280. The summed E-state index contributed by atoms with van der Waals surface area (Å²) in [6, 6.07) is 16.3. The van der Waals surface area contributed by atoms with E-state index in [9.17, 15) is 10.1 Å². The van der Waals surface area contributed by atoms with Gasteiger partial charge in [-0.05, 0) is 43.2 Å². The number of likely N-dealkylation sites (tertiary alicyclic amines) is 1. The lowest BCUT2D eigenvalue weighted by molar-refractivity contribution is 0.0912. The minimum Gasteiger partial charge on any atom is -0.454 e. The number of nitrogens with one attached hydrogen (secondary N) is 1. The zero-order chi connectivity index (χ0) is 24.6. The van der Waals surface area contributed by atoms with Crippen LogP contribution in [-0.2, 0) is 0 Å². The Morgan fingerprint density at radius 3 is 2.66 bits per heavy atom. The number of carbonyl (C=O) groups excluding carboxylic acids is 1. The van der Waals surface area contributed by atoms with Gasteiger partial charge in [0.15, 0.2) is 0 Å². The second-order valence-electron chi connectivity index (χ2n) is 8.17. The van der Waals surface area contributed by atoms with Crippen molar-refractivity contribution in [3.63, 3.8) is 0 Å².